The molecule has 3 rings (SSSR count). The van der Waals surface area contributed by atoms with Crippen LogP contribution < -0.4 is 16.0 Å². The number of amides is 3. The molecule has 0 saturated heterocycles. The van der Waals surface area contributed by atoms with E-state index in [0.717, 1.165) is 11.1 Å². The quantitative estimate of drug-likeness (QED) is 0.214. The second kappa shape index (κ2) is 16.6. The normalized spacial score (nSPS) is 14.2. The van der Waals surface area contributed by atoms with Gasteiger partial charge in [-0.15, -0.1) is 0 Å². The Labute approximate surface area is 260 Å². The summed E-state index contributed by atoms with van der Waals surface area (Å²) in [5.41, 5.74) is 1.83. The lowest BCUT2D eigenvalue weighted by Crippen LogP contribution is -2.52. The Hall–Kier alpha value is -4.24. The van der Waals surface area contributed by atoms with Crippen LogP contribution in [0.25, 0.3) is 0 Å². The predicted molar refractivity (Wildman–Crippen MR) is 170 cm³/mol. The second-order valence-electron chi connectivity index (χ2n) is 12.4. The van der Waals surface area contributed by atoms with Gasteiger partial charge in [0.25, 0.3) is 0 Å². The number of benzene rings is 2. The van der Waals surface area contributed by atoms with Gasteiger partial charge >= 0.3 is 6.09 Å². The Morgan fingerprint density at radius 2 is 1.41 bits per heavy atom. The molecule has 0 aliphatic carbocycles. The van der Waals surface area contributed by atoms with Gasteiger partial charge in [-0.3, -0.25) is 14.6 Å². The van der Waals surface area contributed by atoms with Gasteiger partial charge in [-0.1, -0.05) is 80.6 Å². The summed E-state index contributed by atoms with van der Waals surface area (Å²) >= 11 is 0. The van der Waals surface area contributed by atoms with Crippen molar-refractivity contribution < 1.29 is 24.2 Å². The highest BCUT2D eigenvalue weighted by Crippen LogP contribution is 2.20. The van der Waals surface area contributed by atoms with Crippen LogP contribution in [0.15, 0.2) is 85.1 Å². The summed E-state index contributed by atoms with van der Waals surface area (Å²) in [6, 6.07) is 23.0. The van der Waals surface area contributed by atoms with Gasteiger partial charge in [0.2, 0.25) is 11.8 Å². The first-order valence-electron chi connectivity index (χ1n) is 15.1. The zero-order valence-electron chi connectivity index (χ0n) is 26.3. The highest BCUT2D eigenvalue weighted by Gasteiger charge is 2.32. The molecule has 9 heteroatoms. The molecule has 0 aliphatic rings. The molecule has 0 saturated carbocycles. The van der Waals surface area contributed by atoms with E-state index in [2.05, 4.69) is 20.9 Å². The average Bonchev–Trinajstić information content (AvgIpc) is 2.98. The van der Waals surface area contributed by atoms with Crippen LogP contribution in [0.2, 0.25) is 0 Å². The van der Waals surface area contributed by atoms with Crippen molar-refractivity contribution in [1.82, 2.24) is 20.9 Å². The van der Waals surface area contributed by atoms with Crippen LogP contribution in [0.4, 0.5) is 4.79 Å². The maximum Gasteiger partial charge on any atom is 0.407 e. The van der Waals surface area contributed by atoms with Crippen LogP contribution in [0.5, 0.6) is 0 Å². The Kier molecular flexibility index (Phi) is 12.9. The summed E-state index contributed by atoms with van der Waals surface area (Å²) < 4.78 is 5.48. The lowest BCUT2D eigenvalue weighted by molar-refractivity contribution is -0.132. The molecule has 4 atom stereocenters. The minimum absolute atomic E-state index is 0.0500. The minimum Gasteiger partial charge on any atom is -0.444 e. The third-order valence-corrected chi connectivity index (χ3v) is 7.10. The number of hydrogen-bond donors (Lipinski definition) is 4. The van der Waals surface area contributed by atoms with Crippen molar-refractivity contribution in [1.29, 1.82) is 0 Å². The highest BCUT2D eigenvalue weighted by molar-refractivity contribution is 5.88. The van der Waals surface area contributed by atoms with E-state index in [9.17, 15) is 19.5 Å². The first-order valence-corrected chi connectivity index (χ1v) is 15.1. The SMILES string of the molecule is CC(C)[C@H](NC(=O)[C@H](Cc1ccccc1)C[C@H](O)[C@H](Cc1ccccc1)NC(=O)OC(C)(C)C)C(=O)NCc1ccccn1. The molecular weight excluding hydrogens is 556 g/mol. The van der Waals surface area contributed by atoms with Crippen molar-refractivity contribution in [2.75, 3.05) is 0 Å². The molecule has 0 aliphatic heterocycles. The molecular formula is C35H46N4O5. The lowest BCUT2D eigenvalue weighted by Gasteiger charge is -2.30. The molecule has 236 valence electrons. The Bertz CT molecular complexity index is 1310. The van der Waals surface area contributed by atoms with Crippen molar-refractivity contribution in [2.45, 2.75) is 84.2 Å². The van der Waals surface area contributed by atoms with E-state index in [1.807, 2.05) is 86.6 Å². The number of aliphatic hydroxyl groups is 1. The molecule has 0 fully saturated rings. The third-order valence-electron chi connectivity index (χ3n) is 7.10. The van der Waals surface area contributed by atoms with E-state index in [-0.39, 0.29) is 30.7 Å². The van der Waals surface area contributed by atoms with Gasteiger partial charge in [-0.2, -0.15) is 0 Å². The van der Waals surface area contributed by atoms with E-state index in [4.69, 9.17) is 4.74 Å². The molecule has 44 heavy (non-hydrogen) atoms. The fourth-order valence-electron chi connectivity index (χ4n) is 4.84. The predicted octanol–water partition coefficient (Wildman–Crippen LogP) is 4.58. The summed E-state index contributed by atoms with van der Waals surface area (Å²) in [5, 5.41) is 20.2. The molecule has 3 aromatic rings. The largest absolute Gasteiger partial charge is 0.444 e. The van der Waals surface area contributed by atoms with E-state index in [0.29, 0.717) is 18.5 Å². The number of rotatable bonds is 14. The van der Waals surface area contributed by atoms with E-state index >= 15 is 0 Å². The number of aromatic nitrogens is 1. The van der Waals surface area contributed by atoms with E-state index < -0.39 is 35.8 Å². The molecule has 0 spiro atoms. The van der Waals surface area contributed by atoms with Crippen LogP contribution in [0, 0.1) is 11.8 Å². The topological polar surface area (TPSA) is 130 Å². The van der Waals surface area contributed by atoms with Crippen LogP contribution in [-0.4, -0.2) is 51.8 Å². The van der Waals surface area contributed by atoms with Gasteiger partial charge in [-0.25, -0.2) is 4.79 Å². The van der Waals surface area contributed by atoms with Gasteiger partial charge < -0.3 is 25.8 Å². The number of pyridine rings is 1. The molecule has 0 radical (unpaired) electrons. The number of carbonyl (C=O) groups is 3. The van der Waals surface area contributed by atoms with Crippen molar-refractivity contribution in [2.24, 2.45) is 11.8 Å². The van der Waals surface area contributed by atoms with Crippen LogP contribution in [-0.2, 0) is 33.7 Å². The summed E-state index contributed by atoms with van der Waals surface area (Å²) in [7, 11) is 0. The molecule has 9 nitrogen and oxygen atoms in total. The third kappa shape index (κ3) is 11.8. The maximum atomic E-state index is 13.8. The molecule has 3 amide bonds. The fraction of sp³-hybridized carbons (Fsp3) is 0.429. The fourth-order valence-corrected chi connectivity index (χ4v) is 4.84. The first kappa shape index (κ1) is 34.3. The highest BCUT2D eigenvalue weighted by atomic mass is 16.6. The Balaban J connectivity index is 1.80. The zero-order chi connectivity index (χ0) is 32.1. The van der Waals surface area contributed by atoms with Crippen LogP contribution in [0.3, 0.4) is 0 Å². The lowest BCUT2D eigenvalue weighted by atomic mass is 9.88. The summed E-state index contributed by atoms with van der Waals surface area (Å²) in [6.45, 7) is 9.29. The van der Waals surface area contributed by atoms with Gasteiger partial charge in [0.15, 0.2) is 0 Å². The van der Waals surface area contributed by atoms with Gasteiger partial charge in [-0.05, 0) is 69.2 Å². The van der Waals surface area contributed by atoms with Crippen molar-refractivity contribution >= 4 is 17.9 Å². The monoisotopic (exact) mass is 602 g/mol. The zero-order valence-corrected chi connectivity index (χ0v) is 26.3. The number of aliphatic hydroxyl groups excluding tert-OH is 1. The van der Waals surface area contributed by atoms with E-state index in [1.165, 1.54) is 0 Å². The minimum atomic E-state index is -1.09. The maximum absolute atomic E-state index is 13.8. The van der Waals surface area contributed by atoms with Crippen LogP contribution in [0.1, 0.15) is 57.9 Å². The van der Waals surface area contributed by atoms with Crippen molar-refractivity contribution in [3.63, 3.8) is 0 Å². The number of nitrogens with zero attached hydrogens (tertiary/aromatic N) is 1. The van der Waals surface area contributed by atoms with Gasteiger partial charge in [0, 0.05) is 12.1 Å². The molecule has 0 unspecified atom stereocenters. The van der Waals surface area contributed by atoms with Crippen molar-refractivity contribution in [3.05, 3.63) is 102 Å². The average molecular weight is 603 g/mol. The molecule has 2 aromatic carbocycles. The molecule has 1 heterocycles. The molecule has 1 aromatic heterocycles. The van der Waals surface area contributed by atoms with Crippen molar-refractivity contribution in [3.8, 4) is 0 Å². The number of carbonyl (C=O) groups excluding carboxylic acids is 3. The number of hydrogen-bond acceptors (Lipinski definition) is 6. The Morgan fingerprint density at radius 1 is 0.818 bits per heavy atom. The summed E-state index contributed by atoms with van der Waals surface area (Å²) in [4.78, 5) is 44.0. The number of alkyl carbamates (subject to hydrolysis) is 1. The molecule has 0 bridgehead atoms. The van der Waals surface area contributed by atoms with Gasteiger partial charge in [0.05, 0.1) is 24.4 Å². The molecule has 4 N–H and O–H groups in total. The standard InChI is InChI=1S/C35H46N4O5/c1-24(2)31(33(42)37-23-28-18-12-13-19-36-28)39-32(41)27(20-25-14-8-6-9-15-25)22-30(40)29(21-26-16-10-7-11-17-26)38-34(43)44-35(3,4)5/h6-19,24,27,29-31,40H,20-23H2,1-5H3,(H,37,42)(H,38,43)(H,39,41)/t27-,29+,30+,31+/m1/s1. The van der Waals surface area contributed by atoms with E-state index in [1.54, 1.807) is 33.0 Å². The second-order valence-corrected chi connectivity index (χ2v) is 12.4. The smallest absolute Gasteiger partial charge is 0.407 e. The van der Waals surface area contributed by atoms with Gasteiger partial charge in [0.1, 0.15) is 11.6 Å². The first-order chi connectivity index (χ1) is 20.9. The van der Waals surface area contributed by atoms with Crippen LogP contribution >= 0.6 is 0 Å². The summed E-state index contributed by atoms with van der Waals surface area (Å²) in [6.07, 6.45) is 0.656. The number of nitrogens with one attached hydrogen (secondary N) is 3. The number of ether oxygens (including phenoxy) is 1. The Morgan fingerprint density at radius 3 is 1.95 bits per heavy atom. The summed E-state index contributed by atoms with van der Waals surface area (Å²) in [5.74, 6) is -1.54.